The first kappa shape index (κ1) is 20.5. The molecule has 0 aliphatic heterocycles. The molecule has 0 saturated carbocycles. The molecular formula is C17H21F3IN3. The van der Waals surface area contributed by atoms with Crippen molar-refractivity contribution in [2.45, 2.75) is 25.6 Å². The van der Waals surface area contributed by atoms with Gasteiger partial charge in [-0.25, -0.2) is 0 Å². The minimum Gasteiger partial charge on any atom is -0.356 e. The molecule has 132 valence electrons. The summed E-state index contributed by atoms with van der Waals surface area (Å²) in [5.74, 6) is 0.356. The Morgan fingerprint density at radius 3 is 2.46 bits per heavy atom. The minimum atomic E-state index is -4.17. The van der Waals surface area contributed by atoms with E-state index in [9.17, 15) is 13.2 Å². The van der Waals surface area contributed by atoms with Crippen LogP contribution in [0.15, 0.2) is 47.5 Å². The molecule has 0 fully saturated rings. The first-order valence-electron chi connectivity index (χ1n) is 7.42. The normalized spacial score (nSPS) is 13.3. The van der Waals surface area contributed by atoms with Gasteiger partial charge in [0.25, 0.3) is 0 Å². The van der Waals surface area contributed by atoms with Crippen molar-refractivity contribution in [3.05, 3.63) is 48.0 Å². The summed E-state index contributed by atoms with van der Waals surface area (Å²) >= 11 is 0. The fourth-order valence-electron chi connectivity index (χ4n) is 2.43. The third-order valence-electron chi connectivity index (χ3n) is 3.57. The highest BCUT2D eigenvalue weighted by atomic mass is 127. The molecule has 2 N–H and O–H groups in total. The minimum absolute atomic E-state index is 0. The molecule has 1 atom stereocenters. The Kier molecular flexibility index (Phi) is 7.78. The van der Waals surface area contributed by atoms with E-state index in [2.05, 4.69) is 15.6 Å². The van der Waals surface area contributed by atoms with E-state index in [0.717, 1.165) is 16.3 Å². The molecule has 7 heteroatoms. The molecule has 0 amide bonds. The van der Waals surface area contributed by atoms with E-state index < -0.39 is 12.6 Å². The van der Waals surface area contributed by atoms with Crippen LogP contribution in [0.5, 0.6) is 0 Å². The molecule has 3 nitrogen and oxygen atoms in total. The summed E-state index contributed by atoms with van der Waals surface area (Å²) in [6.45, 7) is 1.75. The summed E-state index contributed by atoms with van der Waals surface area (Å²) in [4.78, 5) is 3.98. The number of hydrogen-bond donors (Lipinski definition) is 2. The third-order valence-corrected chi connectivity index (χ3v) is 3.57. The van der Waals surface area contributed by atoms with E-state index in [1.807, 2.05) is 49.4 Å². The van der Waals surface area contributed by atoms with Crippen molar-refractivity contribution in [1.82, 2.24) is 10.6 Å². The van der Waals surface area contributed by atoms with Crippen LogP contribution in [0, 0.1) is 0 Å². The zero-order chi connectivity index (χ0) is 16.9. The fraction of sp³-hybridized carbons (Fsp3) is 0.353. The number of hydrogen-bond acceptors (Lipinski definition) is 1. The Labute approximate surface area is 156 Å². The molecule has 0 radical (unpaired) electrons. The van der Waals surface area contributed by atoms with Crippen molar-refractivity contribution in [3.63, 3.8) is 0 Å². The van der Waals surface area contributed by atoms with E-state index in [4.69, 9.17) is 0 Å². The zero-order valence-corrected chi connectivity index (χ0v) is 15.9. The number of benzene rings is 2. The molecule has 24 heavy (non-hydrogen) atoms. The lowest BCUT2D eigenvalue weighted by Gasteiger charge is -2.20. The molecule has 0 saturated heterocycles. The fourth-order valence-corrected chi connectivity index (χ4v) is 2.43. The average molecular weight is 451 g/mol. The number of halogens is 4. The van der Waals surface area contributed by atoms with Gasteiger partial charge in [0.2, 0.25) is 0 Å². The lowest BCUT2D eigenvalue weighted by Crippen LogP contribution is -2.40. The van der Waals surface area contributed by atoms with Gasteiger partial charge in [-0.2, -0.15) is 13.2 Å². The Morgan fingerprint density at radius 2 is 1.79 bits per heavy atom. The van der Waals surface area contributed by atoms with Crippen molar-refractivity contribution >= 4 is 40.7 Å². The van der Waals surface area contributed by atoms with Crippen LogP contribution in [-0.4, -0.2) is 25.7 Å². The molecule has 2 aromatic carbocycles. The summed E-state index contributed by atoms with van der Waals surface area (Å²) in [6, 6.07) is 13.9. The van der Waals surface area contributed by atoms with Crippen LogP contribution in [0.2, 0.25) is 0 Å². The first-order valence-corrected chi connectivity index (χ1v) is 7.42. The Balaban J connectivity index is 0.00000288. The Bertz CT molecular complexity index is 681. The van der Waals surface area contributed by atoms with Gasteiger partial charge in [0, 0.05) is 13.6 Å². The van der Waals surface area contributed by atoms with Crippen LogP contribution < -0.4 is 10.6 Å². The topological polar surface area (TPSA) is 36.4 Å². The van der Waals surface area contributed by atoms with Crippen LogP contribution in [-0.2, 0) is 0 Å². The quantitative estimate of drug-likeness (QED) is 0.404. The average Bonchev–Trinajstić information content (AvgIpc) is 2.52. The number of guanidine groups is 1. The summed E-state index contributed by atoms with van der Waals surface area (Å²) < 4.78 is 36.6. The van der Waals surface area contributed by atoms with Crippen LogP contribution in [0.1, 0.15) is 24.9 Å². The number of nitrogens with one attached hydrogen (secondary N) is 2. The van der Waals surface area contributed by atoms with E-state index >= 15 is 0 Å². The van der Waals surface area contributed by atoms with Crippen molar-refractivity contribution < 1.29 is 13.2 Å². The maximum absolute atomic E-state index is 12.2. The predicted molar refractivity (Wildman–Crippen MR) is 103 cm³/mol. The maximum atomic E-state index is 12.2. The van der Waals surface area contributed by atoms with Crippen LogP contribution in [0.25, 0.3) is 10.8 Å². The molecule has 0 spiro atoms. The lowest BCUT2D eigenvalue weighted by molar-refractivity contribution is -0.132. The molecule has 0 aromatic heterocycles. The van der Waals surface area contributed by atoms with Gasteiger partial charge in [0.05, 0.1) is 12.5 Å². The van der Waals surface area contributed by atoms with Gasteiger partial charge < -0.3 is 10.6 Å². The monoisotopic (exact) mass is 451 g/mol. The van der Waals surface area contributed by atoms with Crippen LogP contribution in [0.4, 0.5) is 13.2 Å². The molecule has 0 aliphatic carbocycles. The maximum Gasteiger partial charge on any atom is 0.390 e. The largest absolute Gasteiger partial charge is 0.390 e. The Morgan fingerprint density at radius 1 is 1.12 bits per heavy atom. The highest BCUT2D eigenvalue weighted by molar-refractivity contribution is 14.0. The SMILES string of the molecule is CN=C(NCCC(F)(F)F)NC(C)c1cccc2ccccc12.I. The number of nitrogens with zero attached hydrogens (tertiary/aromatic N) is 1. The van der Waals surface area contributed by atoms with E-state index in [-0.39, 0.29) is 36.6 Å². The van der Waals surface area contributed by atoms with Crippen molar-refractivity contribution in [1.29, 1.82) is 0 Å². The smallest absolute Gasteiger partial charge is 0.356 e. The highest BCUT2D eigenvalue weighted by Crippen LogP contribution is 2.24. The Hall–Kier alpha value is -1.51. The van der Waals surface area contributed by atoms with Gasteiger partial charge in [0.15, 0.2) is 5.96 Å². The molecular weight excluding hydrogens is 430 g/mol. The second kappa shape index (κ2) is 9.10. The molecule has 2 aromatic rings. The predicted octanol–water partition coefficient (Wildman–Crippen LogP) is 4.64. The van der Waals surface area contributed by atoms with Gasteiger partial charge in [-0.1, -0.05) is 42.5 Å². The number of fused-ring (bicyclic) bond motifs is 1. The van der Waals surface area contributed by atoms with Gasteiger partial charge in [-0.3, -0.25) is 4.99 Å². The van der Waals surface area contributed by atoms with E-state index in [0.29, 0.717) is 5.96 Å². The second-order valence-corrected chi connectivity index (χ2v) is 5.30. The molecule has 2 rings (SSSR count). The van der Waals surface area contributed by atoms with Gasteiger partial charge in [-0.05, 0) is 23.3 Å². The summed E-state index contributed by atoms with van der Waals surface area (Å²) in [6.07, 6.45) is -5.07. The van der Waals surface area contributed by atoms with E-state index in [1.54, 1.807) is 7.05 Å². The van der Waals surface area contributed by atoms with Gasteiger partial charge in [-0.15, -0.1) is 24.0 Å². The summed E-state index contributed by atoms with van der Waals surface area (Å²) in [5.41, 5.74) is 1.07. The van der Waals surface area contributed by atoms with Gasteiger partial charge in [0.1, 0.15) is 0 Å². The molecule has 1 unspecified atom stereocenters. The third kappa shape index (κ3) is 5.85. The number of aliphatic imine (C=N–C) groups is 1. The van der Waals surface area contributed by atoms with Crippen LogP contribution >= 0.6 is 24.0 Å². The molecule has 0 bridgehead atoms. The first-order chi connectivity index (χ1) is 10.9. The zero-order valence-electron chi connectivity index (χ0n) is 13.5. The van der Waals surface area contributed by atoms with Gasteiger partial charge >= 0.3 is 6.18 Å². The standard InChI is InChI=1S/C17H20F3N3.HI/c1-12(23-16(21-2)22-11-10-17(18,19)20)14-9-5-7-13-6-3-4-8-15(13)14;/h3-9,12H,10-11H2,1-2H3,(H2,21,22,23);1H. The van der Waals surface area contributed by atoms with Crippen molar-refractivity contribution in [3.8, 4) is 0 Å². The van der Waals surface area contributed by atoms with Crippen LogP contribution in [0.3, 0.4) is 0 Å². The number of alkyl halides is 3. The summed E-state index contributed by atoms with van der Waals surface area (Å²) in [7, 11) is 1.54. The molecule has 0 heterocycles. The second-order valence-electron chi connectivity index (χ2n) is 5.30. The van der Waals surface area contributed by atoms with Crippen molar-refractivity contribution in [2.75, 3.05) is 13.6 Å². The van der Waals surface area contributed by atoms with Crippen molar-refractivity contribution in [2.24, 2.45) is 4.99 Å². The van der Waals surface area contributed by atoms with E-state index in [1.165, 1.54) is 0 Å². The highest BCUT2D eigenvalue weighted by Gasteiger charge is 2.26. The number of rotatable bonds is 4. The molecule has 0 aliphatic rings. The summed E-state index contributed by atoms with van der Waals surface area (Å²) in [5, 5.41) is 8.06. The lowest BCUT2D eigenvalue weighted by atomic mass is 10.00.